The van der Waals surface area contributed by atoms with Gasteiger partial charge in [-0.2, -0.15) is 0 Å². The average molecular weight is 371 g/mol. The van der Waals surface area contributed by atoms with Gasteiger partial charge in [0, 0.05) is 6.54 Å². The molecule has 0 spiro atoms. The number of nitrogens with two attached hydrogens (primary N) is 1. The molecule has 1 aromatic rings. The Kier molecular flexibility index (Phi) is 9.08. The number of rotatable bonds is 8. The van der Waals surface area contributed by atoms with Crippen molar-refractivity contribution in [2.45, 2.75) is 64.0 Å². The molecule has 3 N–H and O–H groups in total. The number of methoxy groups -OCH3 is 1. The van der Waals surface area contributed by atoms with Crippen molar-refractivity contribution < 1.29 is 14.3 Å². The van der Waals surface area contributed by atoms with Gasteiger partial charge < -0.3 is 20.5 Å². The molecular weight excluding hydrogens is 340 g/mol. The van der Waals surface area contributed by atoms with E-state index in [2.05, 4.69) is 12.2 Å². The van der Waals surface area contributed by atoms with Crippen LogP contribution in [0.2, 0.25) is 0 Å². The van der Waals surface area contributed by atoms with E-state index < -0.39 is 5.54 Å². The molecule has 0 heterocycles. The van der Waals surface area contributed by atoms with Gasteiger partial charge in [-0.1, -0.05) is 38.7 Å². The lowest BCUT2D eigenvalue weighted by Gasteiger charge is -2.31. The molecule has 0 bridgehead atoms. The molecule has 1 saturated carbocycles. The van der Waals surface area contributed by atoms with Crippen LogP contribution in [0.15, 0.2) is 18.2 Å². The molecule has 1 fully saturated rings. The van der Waals surface area contributed by atoms with Crippen LogP contribution in [0.5, 0.6) is 11.5 Å². The average Bonchev–Trinajstić information content (AvgIpc) is 2.61. The van der Waals surface area contributed by atoms with Crippen molar-refractivity contribution in [1.82, 2.24) is 5.32 Å². The molecule has 142 valence electrons. The van der Waals surface area contributed by atoms with Crippen LogP contribution in [0.25, 0.3) is 0 Å². The summed E-state index contributed by atoms with van der Waals surface area (Å²) in [6.45, 7) is 3.25. The van der Waals surface area contributed by atoms with E-state index in [4.69, 9.17) is 15.2 Å². The Morgan fingerprint density at radius 3 is 2.60 bits per heavy atom. The third kappa shape index (κ3) is 6.08. The number of carbonyl (C=O) groups excluding carboxylic acids is 1. The molecule has 1 aromatic carbocycles. The summed E-state index contributed by atoms with van der Waals surface area (Å²) in [6, 6.07) is 5.76. The number of carbonyl (C=O) groups is 1. The fourth-order valence-electron chi connectivity index (χ4n) is 3.04. The summed E-state index contributed by atoms with van der Waals surface area (Å²) in [4.78, 5) is 12.4. The van der Waals surface area contributed by atoms with Crippen molar-refractivity contribution in [2.75, 3.05) is 13.7 Å². The summed E-state index contributed by atoms with van der Waals surface area (Å²) in [5.41, 5.74) is 6.53. The summed E-state index contributed by atoms with van der Waals surface area (Å²) in [5.74, 6) is 1.38. The Bertz CT molecular complexity index is 545. The molecular formula is C19H31ClN2O3. The molecule has 0 atom stereocenters. The molecule has 1 amide bonds. The van der Waals surface area contributed by atoms with Crippen LogP contribution in [0.3, 0.4) is 0 Å². The topological polar surface area (TPSA) is 73.6 Å². The lowest BCUT2D eigenvalue weighted by molar-refractivity contribution is -0.127. The minimum absolute atomic E-state index is 0. The van der Waals surface area contributed by atoms with E-state index in [-0.39, 0.29) is 18.3 Å². The van der Waals surface area contributed by atoms with E-state index in [1.807, 2.05) is 18.2 Å². The molecule has 1 aliphatic carbocycles. The van der Waals surface area contributed by atoms with Gasteiger partial charge in [-0.05, 0) is 37.0 Å². The summed E-state index contributed by atoms with van der Waals surface area (Å²) < 4.78 is 11.1. The molecule has 0 unspecified atom stereocenters. The highest BCUT2D eigenvalue weighted by molar-refractivity contribution is 5.86. The molecule has 2 rings (SSSR count). The SMILES string of the molecule is CCCCOc1ccc(CNC(=O)C2(N)CCCCC2)cc1OC.Cl. The van der Waals surface area contributed by atoms with E-state index in [1.54, 1.807) is 7.11 Å². The van der Waals surface area contributed by atoms with Crippen LogP contribution in [0.1, 0.15) is 57.4 Å². The number of halogens is 1. The van der Waals surface area contributed by atoms with Crippen LogP contribution in [0, 0.1) is 0 Å². The molecule has 0 aromatic heterocycles. The van der Waals surface area contributed by atoms with Crippen LogP contribution in [0.4, 0.5) is 0 Å². The highest BCUT2D eigenvalue weighted by Gasteiger charge is 2.34. The van der Waals surface area contributed by atoms with Gasteiger partial charge in [0.05, 0.1) is 19.3 Å². The molecule has 25 heavy (non-hydrogen) atoms. The maximum Gasteiger partial charge on any atom is 0.240 e. The smallest absolute Gasteiger partial charge is 0.240 e. The van der Waals surface area contributed by atoms with Crippen molar-refractivity contribution in [3.05, 3.63) is 23.8 Å². The Morgan fingerprint density at radius 1 is 1.24 bits per heavy atom. The third-order valence-corrected chi connectivity index (χ3v) is 4.63. The zero-order chi connectivity index (χ0) is 17.4. The predicted molar refractivity (Wildman–Crippen MR) is 102 cm³/mol. The Labute approximate surface area is 157 Å². The first-order chi connectivity index (χ1) is 11.6. The third-order valence-electron chi connectivity index (χ3n) is 4.63. The van der Waals surface area contributed by atoms with Gasteiger partial charge in [0.25, 0.3) is 0 Å². The van der Waals surface area contributed by atoms with E-state index in [9.17, 15) is 4.79 Å². The van der Waals surface area contributed by atoms with Gasteiger partial charge in [-0.3, -0.25) is 4.79 Å². The minimum Gasteiger partial charge on any atom is -0.493 e. The fourth-order valence-corrected chi connectivity index (χ4v) is 3.04. The van der Waals surface area contributed by atoms with E-state index in [0.29, 0.717) is 18.9 Å². The largest absolute Gasteiger partial charge is 0.493 e. The number of nitrogens with one attached hydrogen (secondary N) is 1. The van der Waals surface area contributed by atoms with Crippen molar-refractivity contribution in [3.63, 3.8) is 0 Å². The number of unbranched alkanes of at least 4 members (excludes halogenated alkanes) is 1. The number of hydrogen-bond acceptors (Lipinski definition) is 4. The Balaban J connectivity index is 0.00000312. The Morgan fingerprint density at radius 2 is 1.96 bits per heavy atom. The highest BCUT2D eigenvalue weighted by atomic mass is 35.5. The number of amides is 1. The second-order valence-corrected chi connectivity index (χ2v) is 6.59. The molecule has 5 nitrogen and oxygen atoms in total. The van der Waals surface area contributed by atoms with Crippen LogP contribution in [-0.4, -0.2) is 25.2 Å². The van der Waals surface area contributed by atoms with Gasteiger partial charge in [0.2, 0.25) is 5.91 Å². The van der Waals surface area contributed by atoms with Crippen molar-refractivity contribution in [1.29, 1.82) is 0 Å². The zero-order valence-electron chi connectivity index (χ0n) is 15.3. The molecule has 0 aliphatic heterocycles. The fraction of sp³-hybridized carbons (Fsp3) is 0.632. The first-order valence-electron chi connectivity index (χ1n) is 8.96. The lowest BCUT2D eigenvalue weighted by Crippen LogP contribution is -2.54. The van der Waals surface area contributed by atoms with Gasteiger partial charge in [0.1, 0.15) is 0 Å². The monoisotopic (exact) mass is 370 g/mol. The standard InChI is InChI=1S/C19H30N2O3.ClH/c1-3-4-12-24-16-9-8-15(13-17(16)23-2)14-21-18(22)19(20)10-6-5-7-11-19;/h8-9,13H,3-7,10-12,14,20H2,1-2H3,(H,21,22);1H. The summed E-state index contributed by atoms with van der Waals surface area (Å²) in [6.07, 6.45) is 6.87. The van der Waals surface area contributed by atoms with Gasteiger partial charge in [-0.25, -0.2) is 0 Å². The van der Waals surface area contributed by atoms with Gasteiger partial charge in [0.15, 0.2) is 11.5 Å². The summed E-state index contributed by atoms with van der Waals surface area (Å²) >= 11 is 0. The second-order valence-electron chi connectivity index (χ2n) is 6.59. The maximum absolute atomic E-state index is 12.4. The van der Waals surface area contributed by atoms with Crippen molar-refractivity contribution >= 4 is 18.3 Å². The predicted octanol–water partition coefficient (Wildman–Crippen LogP) is 3.57. The molecule has 1 aliphatic rings. The summed E-state index contributed by atoms with van der Waals surface area (Å²) in [5, 5.41) is 2.97. The van der Waals surface area contributed by atoms with Gasteiger partial charge >= 0.3 is 0 Å². The van der Waals surface area contributed by atoms with E-state index >= 15 is 0 Å². The molecule has 6 heteroatoms. The lowest BCUT2D eigenvalue weighted by atomic mass is 9.82. The first-order valence-corrected chi connectivity index (χ1v) is 8.96. The van der Waals surface area contributed by atoms with Crippen LogP contribution >= 0.6 is 12.4 Å². The number of benzene rings is 1. The second kappa shape index (κ2) is 10.5. The summed E-state index contributed by atoms with van der Waals surface area (Å²) in [7, 11) is 1.63. The minimum atomic E-state index is -0.703. The zero-order valence-corrected chi connectivity index (χ0v) is 16.1. The van der Waals surface area contributed by atoms with Gasteiger partial charge in [-0.15, -0.1) is 12.4 Å². The highest BCUT2D eigenvalue weighted by Crippen LogP contribution is 2.29. The van der Waals surface area contributed by atoms with Crippen molar-refractivity contribution in [3.8, 4) is 11.5 Å². The maximum atomic E-state index is 12.4. The van der Waals surface area contributed by atoms with E-state index in [1.165, 1.54) is 6.42 Å². The molecule has 0 saturated heterocycles. The van der Waals surface area contributed by atoms with E-state index in [0.717, 1.165) is 49.8 Å². The normalized spacial score (nSPS) is 15.8. The molecule has 0 radical (unpaired) electrons. The first kappa shape index (κ1) is 21.6. The number of hydrogen-bond donors (Lipinski definition) is 2. The van der Waals surface area contributed by atoms with Crippen LogP contribution < -0.4 is 20.5 Å². The quantitative estimate of drug-likeness (QED) is 0.686. The van der Waals surface area contributed by atoms with Crippen LogP contribution in [-0.2, 0) is 11.3 Å². The Hall–Kier alpha value is -1.46. The number of ether oxygens (including phenoxy) is 2. The van der Waals surface area contributed by atoms with Crippen molar-refractivity contribution in [2.24, 2.45) is 5.73 Å².